The molecule has 3 aromatic heterocycles. The van der Waals surface area contributed by atoms with Gasteiger partial charge in [0, 0.05) is 38.0 Å². The number of amides is 1. The van der Waals surface area contributed by atoms with E-state index in [2.05, 4.69) is 40.1 Å². The summed E-state index contributed by atoms with van der Waals surface area (Å²) in [6.45, 7) is 8.18. The molecule has 3 aromatic rings. The highest BCUT2D eigenvalue weighted by Gasteiger charge is 2.21. The fraction of sp³-hybridized carbons (Fsp3) is 0.500. The molecular weight excluding hydrogens is 416 g/mol. The molecule has 0 saturated heterocycles. The van der Waals surface area contributed by atoms with E-state index in [1.165, 1.54) is 17.8 Å². The van der Waals surface area contributed by atoms with Crippen molar-refractivity contribution in [1.29, 1.82) is 0 Å². The molecule has 8 nitrogen and oxygen atoms in total. The van der Waals surface area contributed by atoms with Crippen molar-refractivity contribution in [3.8, 4) is 10.6 Å². The molecule has 1 aliphatic rings. The van der Waals surface area contributed by atoms with E-state index in [9.17, 15) is 4.79 Å². The molecule has 0 atom stereocenters. The highest BCUT2D eigenvalue weighted by molar-refractivity contribution is 7.13. The van der Waals surface area contributed by atoms with Gasteiger partial charge in [-0.1, -0.05) is 19.6 Å². The third-order valence-electron chi connectivity index (χ3n) is 5.15. The molecule has 0 radical (unpaired) electrons. The van der Waals surface area contributed by atoms with E-state index >= 15 is 0 Å². The minimum absolute atomic E-state index is 0.229. The minimum atomic E-state index is -1.09. The van der Waals surface area contributed by atoms with Gasteiger partial charge in [0.1, 0.15) is 17.4 Å². The zero-order valence-electron chi connectivity index (χ0n) is 17.7. The maximum Gasteiger partial charge on any atom is 0.275 e. The lowest BCUT2D eigenvalue weighted by molar-refractivity contribution is 0.0786. The SMILES string of the molecule is C[Si](C)(C)CCOCn1cc(-c2nc(C(=O)Nc3cnn(C4CCC4)c3)cs2)cn1. The fourth-order valence-electron chi connectivity index (χ4n) is 3.04. The average molecular weight is 445 g/mol. The Morgan fingerprint density at radius 1 is 1.27 bits per heavy atom. The highest BCUT2D eigenvalue weighted by atomic mass is 32.1. The minimum Gasteiger partial charge on any atom is -0.360 e. The van der Waals surface area contributed by atoms with E-state index in [0.717, 1.165) is 36.1 Å². The van der Waals surface area contributed by atoms with E-state index in [1.54, 1.807) is 22.5 Å². The second kappa shape index (κ2) is 8.82. The van der Waals surface area contributed by atoms with Gasteiger partial charge in [-0.15, -0.1) is 11.3 Å². The maximum atomic E-state index is 12.5. The fourth-order valence-corrected chi connectivity index (χ4v) is 4.57. The largest absolute Gasteiger partial charge is 0.360 e. The third kappa shape index (κ3) is 5.24. The number of carbonyl (C=O) groups is 1. The number of nitrogens with one attached hydrogen (secondary N) is 1. The van der Waals surface area contributed by atoms with E-state index in [0.29, 0.717) is 24.2 Å². The summed E-state index contributed by atoms with van der Waals surface area (Å²) >= 11 is 1.43. The number of aromatic nitrogens is 5. The lowest BCUT2D eigenvalue weighted by Crippen LogP contribution is -2.22. The highest BCUT2D eigenvalue weighted by Crippen LogP contribution is 2.31. The van der Waals surface area contributed by atoms with Crippen molar-refractivity contribution >= 4 is 31.0 Å². The Bertz CT molecular complexity index is 1000. The first-order valence-corrected chi connectivity index (χ1v) is 14.9. The van der Waals surface area contributed by atoms with Crippen LogP contribution in [0.3, 0.4) is 0 Å². The molecule has 1 saturated carbocycles. The Balaban J connectivity index is 1.31. The van der Waals surface area contributed by atoms with Gasteiger partial charge in [-0.25, -0.2) is 9.67 Å². The molecule has 3 heterocycles. The zero-order valence-corrected chi connectivity index (χ0v) is 19.5. The van der Waals surface area contributed by atoms with Crippen molar-refractivity contribution < 1.29 is 9.53 Å². The molecule has 1 amide bonds. The van der Waals surface area contributed by atoms with Crippen LogP contribution in [0.4, 0.5) is 5.69 Å². The van der Waals surface area contributed by atoms with Gasteiger partial charge >= 0.3 is 0 Å². The monoisotopic (exact) mass is 444 g/mol. The Kier molecular flexibility index (Phi) is 6.16. The van der Waals surface area contributed by atoms with Crippen molar-refractivity contribution in [2.75, 3.05) is 11.9 Å². The van der Waals surface area contributed by atoms with Gasteiger partial charge in [0.05, 0.1) is 24.1 Å². The number of hydrogen-bond donors (Lipinski definition) is 1. The van der Waals surface area contributed by atoms with Crippen LogP contribution >= 0.6 is 11.3 Å². The molecule has 160 valence electrons. The second-order valence-corrected chi connectivity index (χ2v) is 15.4. The molecular formula is C20H28N6O2SSi. The van der Waals surface area contributed by atoms with Gasteiger partial charge in [0.2, 0.25) is 0 Å². The number of ether oxygens (including phenoxy) is 1. The van der Waals surface area contributed by atoms with Gasteiger partial charge in [-0.3, -0.25) is 9.48 Å². The van der Waals surface area contributed by atoms with Crippen molar-refractivity contribution in [1.82, 2.24) is 24.5 Å². The summed E-state index contributed by atoms with van der Waals surface area (Å²) in [6.07, 6.45) is 10.8. The van der Waals surface area contributed by atoms with Crippen LogP contribution in [-0.2, 0) is 11.5 Å². The van der Waals surface area contributed by atoms with Crippen molar-refractivity contribution in [3.63, 3.8) is 0 Å². The normalized spacial score (nSPS) is 14.6. The van der Waals surface area contributed by atoms with Crippen molar-refractivity contribution in [2.24, 2.45) is 0 Å². The lowest BCUT2D eigenvalue weighted by Gasteiger charge is -2.25. The van der Waals surface area contributed by atoms with Crippen LogP contribution in [0.1, 0.15) is 35.8 Å². The van der Waals surface area contributed by atoms with Gasteiger partial charge in [0.15, 0.2) is 0 Å². The lowest BCUT2D eigenvalue weighted by atomic mass is 9.93. The predicted octanol–water partition coefficient (Wildman–Crippen LogP) is 4.49. The number of rotatable bonds is 9. The predicted molar refractivity (Wildman–Crippen MR) is 121 cm³/mol. The van der Waals surface area contributed by atoms with Crippen molar-refractivity contribution in [2.45, 2.75) is 57.7 Å². The molecule has 0 unspecified atom stereocenters. The summed E-state index contributed by atoms with van der Waals surface area (Å²) in [4.78, 5) is 17.0. The van der Waals surface area contributed by atoms with Crippen LogP contribution < -0.4 is 5.32 Å². The molecule has 0 bridgehead atoms. The Morgan fingerprint density at radius 3 is 2.83 bits per heavy atom. The first-order chi connectivity index (χ1) is 14.4. The summed E-state index contributed by atoms with van der Waals surface area (Å²) in [5, 5.41) is 14.1. The molecule has 0 spiro atoms. The quantitative estimate of drug-likeness (QED) is 0.388. The number of nitrogens with zero attached hydrogens (tertiary/aromatic N) is 5. The molecule has 1 aliphatic carbocycles. The van der Waals surface area contributed by atoms with Gasteiger partial charge < -0.3 is 10.1 Å². The van der Waals surface area contributed by atoms with E-state index in [-0.39, 0.29) is 5.91 Å². The summed E-state index contributed by atoms with van der Waals surface area (Å²) in [5.74, 6) is -0.229. The van der Waals surface area contributed by atoms with Crippen LogP contribution in [0.5, 0.6) is 0 Å². The summed E-state index contributed by atoms with van der Waals surface area (Å²) in [5.41, 5.74) is 1.97. The first-order valence-electron chi connectivity index (χ1n) is 10.3. The topological polar surface area (TPSA) is 86.9 Å². The van der Waals surface area contributed by atoms with E-state index in [1.807, 2.05) is 17.1 Å². The molecule has 0 aliphatic heterocycles. The number of thiazole rings is 1. The van der Waals surface area contributed by atoms with Crippen LogP contribution in [-0.4, -0.2) is 45.1 Å². The maximum absolute atomic E-state index is 12.5. The summed E-state index contributed by atoms with van der Waals surface area (Å²) in [7, 11) is -1.09. The number of anilines is 1. The molecule has 1 fully saturated rings. The molecule has 0 aromatic carbocycles. The van der Waals surface area contributed by atoms with Crippen LogP contribution in [0, 0.1) is 0 Å². The third-order valence-corrected chi connectivity index (χ3v) is 7.74. The number of hydrogen-bond acceptors (Lipinski definition) is 6. The summed E-state index contributed by atoms with van der Waals surface area (Å²) < 4.78 is 9.43. The molecule has 30 heavy (non-hydrogen) atoms. The van der Waals surface area contributed by atoms with Crippen LogP contribution in [0.2, 0.25) is 25.7 Å². The van der Waals surface area contributed by atoms with Crippen molar-refractivity contribution in [3.05, 3.63) is 35.9 Å². The zero-order chi connectivity index (χ0) is 21.1. The molecule has 1 N–H and O–H groups in total. The van der Waals surface area contributed by atoms with Gasteiger partial charge in [-0.05, 0) is 25.3 Å². The average Bonchev–Trinajstić information content (AvgIpc) is 3.37. The second-order valence-electron chi connectivity index (χ2n) is 8.90. The molecule has 4 rings (SSSR count). The first kappa shape index (κ1) is 20.9. The summed E-state index contributed by atoms with van der Waals surface area (Å²) in [6, 6.07) is 1.60. The van der Waals surface area contributed by atoms with E-state index < -0.39 is 8.07 Å². The smallest absolute Gasteiger partial charge is 0.275 e. The van der Waals surface area contributed by atoms with Crippen LogP contribution in [0.25, 0.3) is 10.6 Å². The Hall–Kier alpha value is -2.30. The van der Waals surface area contributed by atoms with Gasteiger partial charge in [-0.2, -0.15) is 10.2 Å². The van der Waals surface area contributed by atoms with E-state index in [4.69, 9.17) is 4.74 Å². The Labute approximate surface area is 181 Å². The van der Waals surface area contributed by atoms with Crippen LogP contribution in [0.15, 0.2) is 30.2 Å². The van der Waals surface area contributed by atoms with Gasteiger partial charge in [0.25, 0.3) is 5.91 Å². The molecule has 10 heteroatoms. The number of carbonyl (C=O) groups excluding carboxylic acids is 1. The Morgan fingerprint density at radius 2 is 2.10 bits per heavy atom. The standard InChI is InChI=1S/C20H28N6O2SSi/c1-30(2,3)8-7-28-14-25-11-15(9-21-25)20-24-18(13-29-20)19(27)23-16-10-22-26(12-16)17-5-4-6-17/h9-13,17H,4-8,14H2,1-3H3,(H,23,27).